The molecule has 0 unspecified atom stereocenters. The van der Waals surface area contributed by atoms with E-state index in [1.807, 2.05) is 59.2 Å². The highest BCUT2D eigenvalue weighted by Gasteiger charge is 2.13. The van der Waals surface area contributed by atoms with Gasteiger partial charge in [0.05, 0.1) is 0 Å². The number of nitrogens with two attached hydrogens (primary N) is 2. The molecule has 112 valence electrons. The first-order chi connectivity index (χ1) is 11.2. The number of rotatable bonds is 2. The van der Waals surface area contributed by atoms with Gasteiger partial charge in [-0.1, -0.05) is 30.3 Å². The summed E-state index contributed by atoms with van der Waals surface area (Å²) in [5.41, 5.74) is 15.6. The van der Waals surface area contributed by atoms with Crippen molar-refractivity contribution in [2.24, 2.45) is 0 Å². The Bertz CT molecular complexity index is 991. The Labute approximate surface area is 132 Å². The molecule has 6 heteroatoms. The van der Waals surface area contributed by atoms with Crippen LogP contribution in [0.3, 0.4) is 0 Å². The van der Waals surface area contributed by atoms with E-state index >= 15 is 0 Å². The van der Waals surface area contributed by atoms with Crippen LogP contribution in [0.4, 0.5) is 11.5 Å². The first kappa shape index (κ1) is 13.3. The number of hydrogen-bond acceptors (Lipinski definition) is 5. The summed E-state index contributed by atoms with van der Waals surface area (Å²) in [5, 5.41) is 0. The van der Waals surface area contributed by atoms with E-state index in [2.05, 4.69) is 15.0 Å². The van der Waals surface area contributed by atoms with Gasteiger partial charge in [0, 0.05) is 16.9 Å². The first-order valence-corrected chi connectivity index (χ1v) is 7.14. The van der Waals surface area contributed by atoms with Gasteiger partial charge in [-0.2, -0.15) is 0 Å². The predicted octanol–water partition coefficient (Wildman–Crippen LogP) is 2.65. The van der Waals surface area contributed by atoms with Crippen molar-refractivity contribution in [2.45, 2.75) is 0 Å². The average Bonchev–Trinajstić information content (AvgIpc) is 3.00. The predicted molar refractivity (Wildman–Crippen MR) is 90.9 cm³/mol. The molecule has 2 aromatic heterocycles. The molecule has 2 aromatic carbocycles. The van der Waals surface area contributed by atoms with Crippen LogP contribution in [0.1, 0.15) is 0 Å². The lowest BCUT2D eigenvalue weighted by Gasteiger charge is -2.06. The largest absolute Gasteiger partial charge is 0.399 e. The van der Waals surface area contributed by atoms with E-state index in [1.54, 1.807) is 6.33 Å². The van der Waals surface area contributed by atoms with E-state index in [0.717, 1.165) is 11.3 Å². The molecule has 4 N–H and O–H groups in total. The first-order valence-electron chi connectivity index (χ1n) is 7.14. The van der Waals surface area contributed by atoms with Crippen molar-refractivity contribution in [1.29, 1.82) is 0 Å². The summed E-state index contributed by atoms with van der Waals surface area (Å²) in [4.78, 5) is 13.3. The van der Waals surface area contributed by atoms with E-state index in [0.29, 0.717) is 28.5 Å². The molecule has 0 atom stereocenters. The van der Waals surface area contributed by atoms with Crippen LogP contribution < -0.4 is 11.5 Å². The Balaban J connectivity index is 1.96. The summed E-state index contributed by atoms with van der Waals surface area (Å²) >= 11 is 0. The number of hydrogen-bond donors (Lipinski definition) is 2. The van der Waals surface area contributed by atoms with Gasteiger partial charge in [0.25, 0.3) is 0 Å². The van der Waals surface area contributed by atoms with Crippen LogP contribution in [0.25, 0.3) is 28.2 Å². The maximum Gasteiger partial charge on any atom is 0.170 e. The van der Waals surface area contributed by atoms with E-state index in [9.17, 15) is 0 Å². The van der Waals surface area contributed by atoms with Crippen molar-refractivity contribution in [3.63, 3.8) is 0 Å². The second-order valence-corrected chi connectivity index (χ2v) is 5.18. The van der Waals surface area contributed by atoms with Crippen LogP contribution in [-0.2, 0) is 0 Å². The number of nitrogens with zero attached hydrogens (tertiary/aromatic N) is 4. The molecule has 0 radical (unpaired) electrons. The molecular weight excluding hydrogens is 288 g/mol. The Morgan fingerprint density at radius 3 is 2.48 bits per heavy atom. The highest BCUT2D eigenvalue weighted by atomic mass is 15.1. The molecule has 0 fully saturated rings. The van der Waals surface area contributed by atoms with Gasteiger partial charge in [-0.3, -0.25) is 4.57 Å². The maximum absolute atomic E-state index is 6.07. The van der Waals surface area contributed by atoms with Crippen molar-refractivity contribution in [2.75, 3.05) is 11.5 Å². The van der Waals surface area contributed by atoms with Gasteiger partial charge in [-0.15, -0.1) is 0 Å². The molecule has 0 amide bonds. The molecule has 0 aliphatic rings. The van der Waals surface area contributed by atoms with Gasteiger partial charge in [0.1, 0.15) is 6.33 Å². The Morgan fingerprint density at radius 2 is 1.70 bits per heavy atom. The topological polar surface area (TPSA) is 95.6 Å². The lowest BCUT2D eigenvalue weighted by atomic mass is 10.2. The highest BCUT2D eigenvalue weighted by molar-refractivity contribution is 5.85. The normalized spacial score (nSPS) is 11.0. The summed E-state index contributed by atoms with van der Waals surface area (Å²) in [7, 11) is 0. The number of benzene rings is 2. The minimum absolute atomic E-state index is 0.349. The smallest absolute Gasteiger partial charge is 0.170 e. The lowest BCUT2D eigenvalue weighted by Crippen LogP contribution is -2.00. The number of fused-ring (bicyclic) bond motifs is 1. The fourth-order valence-electron chi connectivity index (χ4n) is 2.51. The number of para-hydroxylation sites is 1. The minimum atomic E-state index is 0.349. The Hall–Kier alpha value is -3.41. The molecule has 4 rings (SSSR count). The Kier molecular flexibility index (Phi) is 2.94. The minimum Gasteiger partial charge on any atom is -0.399 e. The van der Waals surface area contributed by atoms with Crippen LogP contribution in [-0.4, -0.2) is 19.5 Å². The van der Waals surface area contributed by atoms with Crippen LogP contribution in [0.5, 0.6) is 0 Å². The number of aromatic nitrogens is 4. The van der Waals surface area contributed by atoms with E-state index in [-0.39, 0.29) is 0 Å². The Morgan fingerprint density at radius 1 is 0.870 bits per heavy atom. The molecule has 0 spiro atoms. The van der Waals surface area contributed by atoms with Crippen molar-refractivity contribution < 1.29 is 0 Å². The zero-order valence-electron chi connectivity index (χ0n) is 12.2. The van der Waals surface area contributed by atoms with E-state index in [1.165, 1.54) is 0 Å². The SMILES string of the molecule is Nc1cccc(-c2nc(N)c3ncn(-c4ccccc4)c3n2)c1. The maximum atomic E-state index is 6.07. The molecule has 6 nitrogen and oxygen atoms in total. The van der Waals surface area contributed by atoms with Crippen LogP contribution in [0.2, 0.25) is 0 Å². The third kappa shape index (κ3) is 2.26. The van der Waals surface area contributed by atoms with E-state index in [4.69, 9.17) is 11.5 Å². The van der Waals surface area contributed by atoms with Crippen molar-refractivity contribution in [1.82, 2.24) is 19.5 Å². The second-order valence-electron chi connectivity index (χ2n) is 5.18. The zero-order valence-corrected chi connectivity index (χ0v) is 12.2. The molecular formula is C17H14N6. The fraction of sp³-hybridized carbons (Fsp3) is 0. The van der Waals surface area contributed by atoms with Gasteiger partial charge in [-0.25, -0.2) is 15.0 Å². The molecule has 2 heterocycles. The summed E-state index contributed by atoms with van der Waals surface area (Å²) < 4.78 is 1.89. The average molecular weight is 302 g/mol. The molecule has 0 aliphatic carbocycles. The summed E-state index contributed by atoms with van der Waals surface area (Å²) in [5.74, 6) is 0.877. The molecule has 0 saturated heterocycles. The molecule has 23 heavy (non-hydrogen) atoms. The van der Waals surface area contributed by atoms with Crippen molar-refractivity contribution in [3.05, 3.63) is 60.9 Å². The third-order valence-corrected chi connectivity index (χ3v) is 3.60. The summed E-state index contributed by atoms with van der Waals surface area (Å²) in [6, 6.07) is 17.3. The van der Waals surface area contributed by atoms with Gasteiger partial charge in [-0.05, 0) is 24.3 Å². The molecule has 0 saturated carbocycles. The molecule has 0 aliphatic heterocycles. The van der Waals surface area contributed by atoms with Gasteiger partial charge in [0.15, 0.2) is 22.8 Å². The van der Waals surface area contributed by atoms with Crippen molar-refractivity contribution in [3.8, 4) is 17.1 Å². The van der Waals surface area contributed by atoms with Crippen molar-refractivity contribution >= 4 is 22.7 Å². The highest BCUT2D eigenvalue weighted by Crippen LogP contribution is 2.25. The number of imidazole rings is 1. The summed E-state index contributed by atoms with van der Waals surface area (Å²) in [6.45, 7) is 0. The van der Waals surface area contributed by atoms with Gasteiger partial charge >= 0.3 is 0 Å². The number of nitrogen functional groups attached to an aromatic ring is 2. The second kappa shape index (κ2) is 5.10. The summed E-state index contributed by atoms with van der Waals surface area (Å²) in [6.07, 6.45) is 1.70. The third-order valence-electron chi connectivity index (χ3n) is 3.60. The van der Waals surface area contributed by atoms with Gasteiger partial charge < -0.3 is 11.5 Å². The quantitative estimate of drug-likeness (QED) is 0.555. The standard InChI is InChI=1S/C17H14N6/c18-12-6-4-5-11(9-12)16-21-15(19)14-17(22-16)23(10-20-14)13-7-2-1-3-8-13/h1-10H,18H2,(H2,19,21,22). The van der Waals surface area contributed by atoms with Crippen LogP contribution >= 0.6 is 0 Å². The van der Waals surface area contributed by atoms with Gasteiger partial charge in [0.2, 0.25) is 0 Å². The molecule has 0 bridgehead atoms. The van der Waals surface area contributed by atoms with E-state index < -0.39 is 0 Å². The zero-order chi connectivity index (χ0) is 15.8. The van der Waals surface area contributed by atoms with Crippen LogP contribution in [0, 0.1) is 0 Å². The van der Waals surface area contributed by atoms with Crippen LogP contribution in [0.15, 0.2) is 60.9 Å². The molecule has 4 aromatic rings. The lowest BCUT2D eigenvalue weighted by molar-refractivity contribution is 1.06. The monoisotopic (exact) mass is 302 g/mol. The fourth-order valence-corrected chi connectivity index (χ4v) is 2.51. The number of anilines is 2.